The largest absolute Gasteiger partial charge is 0.389 e. The minimum absolute atomic E-state index is 0.0301. The molecule has 0 aliphatic heterocycles. The number of hydrogen-bond donors (Lipinski definition) is 2. The lowest BCUT2D eigenvalue weighted by Crippen LogP contribution is -2.40. The van der Waals surface area contributed by atoms with Crippen LogP contribution in [0.25, 0.3) is 0 Å². The first kappa shape index (κ1) is 22.6. The van der Waals surface area contributed by atoms with Crippen LogP contribution in [0.5, 0.6) is 0 Å². The summed E-state index contributed by atoms with van der Waals surface area (Å²) in [5.41, 5.74) is -0.409. The van der Waals surface area contributed by atoms with Crippen molar-refractivity contribution in [2.75, 3.05) is 14.1 Å². The number of hydrogen-bond acceptors (Lipinski definition) is 3. The number of aryl methyl sites for hydroxylation is 1. The molecule has 1 aliphatic rings. The molecule has 156 valence electrons. The topological polar surface area (TPSA) is 60.8 Å². The Kier molecular flexibility index (Phi) is 8.26. The molecule has 0 aromatic heterocycles. The predicted octanol–water partition coefficient (Wildman–Crippen LogP) is 4.11. The molecule has 0 bridgehead atoms. The Morgan fingerprint density at radius 2 is 2.00 bits per heavy atom. The highest BCUT2D eigenvalue weighted by atomic mass is 16.3. The van der Waals surface area contributed by atoms with Crippen LogP contribution in [0.15, 0.2) is 42.5 Å². The van der Waals surface area contributed by atoms with Crippen LogP contribution in [0.4, 0.5) is 0 Å². The van der Waals surface area contributed by atoms with Crippen molar-refractivity contribution < 1.29 is 15.0 Å². The molecule has 0 spiro atoms. The Labute approximate surface area is 170 Å². The lowest BCUT2D eigenvalue weighted by Gasteiger charge is -2.36. The molecule has 28 heavy (non-hydrogen) atoms. The predicted molar refractivity (Wildman–Crippen MR) is 114 cm³/mol. The summed E-state index contributed by atoms with van der Waals surface area (Å²) in [7, 11) is 3.45. The molecule has 3 atom stereocenters. The van der Waals surface area contributed by atoms with Gasteiger partial charge >= 0.3 is 0 Å². The van der Waals surface area contributed by atoms with Gasteiger partial charge in [-0.05, 0) is 69.8 Å². The van der Waals surface area contributed by atoms with E-state index in [0.717, 1.165) is 38.5 Å². The maximum absolute atomic E-state index is 12.0. The van der Waals surface area contributed by atoms with Crippen molar-refractivity contribution in [1.29, 1.82) is 0 Å². The summed E-state index contributed by atoms with van der Waals surface area (Å²) in [6, 6.07) is 10.4. The third-order valence-corrected chi connectivity index (χ3v) is 5.81. The van der Waals surface area contributed by atoms with Gasteiger partial charge in [0.25, 0.3) is 0 Å². The molecule has 0 radical (unpaired) electrons. The quantitative estimate of drug-likeness (QED) is 0.495. The maximum atomic E-state index is 12.0. The second-order valence-electron chi connectivity index (χ2n) is 8.95. The van der Waals surface area contributed by atoms with E-state index in [2.05, 4.69) is 30.3 Å². The number of carbonyl (C=O) groups excluding carboxylic acids is 1. The number of rotatable bonds is 9. The van der Waals surface area contributed by atoms with Gasteiger partial charge in [0.05, 0.1) is 17.6 Å². The van der Waals surface area contributed by atoms with Crippen LogP contribution in [0, 0.1) is 5.92 Å². The molecule has 4 nitrogen and oxygen atoms in total. The summed E-state index contributed by atoms with van der Waals surface area (Å²) in [5.74, 6) is 0.182. The smallest absolute Gasteiger partial charge is 0.224 e. The van der Waals surface area contributed by atoms with E-state index in [1.807, 2.05) is 19.1 Å². The van der Waals surface area contributed by atoms with Crippen molar-refractivity contribution in [2.24, 2.45) is 5.92 Å². The summed E-state index contributed by atoms with van der Waals surface area (Å²) in [6.45, 7) is 1.86. The summed E-state index contributed by atoms with van der Waals surface area (Å²) in [5, 5.41) is 21.5. The molecule has 1 unspecified atom stereocenters. The zero-order valence-electron chi connectivity index (χ0n) is 17.7. The van der Waals surface area contributed by atoms with Gasteiger partial charge in [0, 0.05) is 14.1 Å². The summed E-state index contributed by atoms with van der Waals surface area (Å²) in [4.78, 5) is 13.5. The Bertz CT molecular complexity index is 639. The third-order valence-electron chi connectivity index (χ3n) is 5.81. The molecule has 1 amide bonds. The summed E-state index contributed by atoms with van der Waals surface area (Å²) >= 11 is 0. The molecule has 0 saturated heterocycles. The normalized spacial score (nSPS) is 24.8. The van der Waals surface area contributed by atoms with Crippen LogP contribution in [0.2, 0.25) is 0 Å². The number of aliphatic hydroxyl groups is 2. The van der Waals surface area contributed by atoms with Crippen molar-refractivity contribution in [3.8, 4) is 0 Å². The van der Waals surface area contributed by atoms with Crippen LogP contribution in [-0.2, 0) is 11.2 Å². The van der Waals surface area contributed by atoms with Gasteiger partial charge < -0.3 is 15.1 Å². The number of amides is 1. The minimum atomic E-state index is -0.920. The summed E-state index contributed by atoms with van der Waals surface area (Å²) < 4.78 is 0. The van der Waals surface area contributed by atoms with Gasteiger partial charge in [0.1, 0.15) is 0 Å². The van der Waals surface area contributed by atoms with Crippen LogP contribution >= 0.6 is 0 Å². The van der Waals surface area contributed by atoms with Crippen LogP contribution in [0.3, 0.4) is 0 Å². The maximum Gasteiger partial charge on any atom is 0.224 e. The summed E-state index contributed by atoms with van der Waals surface area (Å²) in [6.07, 6.45) is 11.1. The van der Waals surface area contributed by atoms with Gasteiger partial charge in [0.15, 0.2) is 0 Å². The van der Waals surface area contributed by atoms with Crippen molar-refractivity contribution in [1.82, 2.24) is 4.90 Å². The average Bonchev–Trinajstić information content (AvgIpc) is 2.64. The molecular weight excluding hydrogens is 350 g/mol. The minimum Gasteiger partial charge on any atom is -0.389 e. The molecule has 1 aliphatic carbocycles. The molecule has 1 aromatic rings. The van der Waals surface area contributed by atoms with Crippen molar-refractivity contribution >= 4 is 5.91 Å². The standard InChI is InChI=1S/C24H37NO3/c1-23(27,15-8-7-12-20-10-5-4-6-11-20)17-14-21-13-9-16-24(28,18-21)19-22(26)25(2)3/h4-6,10-11,14,17,21,27-28H,7-9,12-13,15-16,18-19H2,1-3H3/b17-14+/t21-,23?,24+/m1/s1. The van der Waals surface area contributed by atoms with Crippen LogP contribution in [-0.4, -0.2) is 46.3 Å². The lowest BCUT2D eigenvalue weighted by molar-refractivity contribution is -0.135. The molecule has 2 N–H and O–H groups in total. The highest BCUT2D eigenvalue weighted by Gasteiger charge is 2.36. The van der Waals surface area contributed by atoms with Crippen LogP contribution in [0.1, 0.15) is 63.9 Å². The van der Waals surface area contributed by atoms with Gasteiger partial charge in [-0.3, -0.25) is 4.79 Å². The van der Waals surface area contributed by atoms with Crippen molar-refractivity contribution in [3.63, 3.8) is 0 Å². The number of unbranched alkanes of at least 4 members (excludes halogenated alkanes) is 1. The van der Waals surface area contributed by atoms with Crippen molar-refractivity contribution in [3.05, 3.63) is 48.0 Å². The highest BCUT2D eigenvalue weighted by molar-refractivity contribution is 5.76. The number of allylic oxidation sites excluding steroid dienone is 1. The van der Waals surface area contributed by atoms with E-state index in [-0.39, 0.29) is 18.2 Å². The Morgan fingerprint density at radius 3 is 2.68 bits per heavy atom. The van der Waals surface area contributed by atoms with Crippen molar-refractivity contribution in [2.45, 2.75) is 75.9 Å². The Balaban J connectivity index is 1.79. The first-order chi connectivity index (χ1) is 13.2. The lowest BCUT2D eigenvalue weighted by atomic mass is 9.75. The van der Waals surface area contributed by atoms with E-state index < -0.39 is 11.2 Å². The van der Waals surface area contributed by atoms with E-state index in [1.54, 1.807) is 14.1 Å². The third kappa shape index (κ3) is 7.76. The number of nitrogens with zero attached hydrogens (tertiary/aromatic N) is 1. The first-order valence-corrected chi connectivity index (χ1v) is 10.6. The Morgan fingerprint density at radius 1 is 1.29 bits per heavy atom. The molecular formula is C24H37NO3. The monoisotopic (exact) mass is 387 g/mol. The molecule has 0 heterocycles. The molecule has 4 heteroatoms. The SMILES string of the molecule is CN(C)C(=O)C[C@]1(O)CCC[C@H](/C=C/C(C)(O)CCCCc2ccccc2)C1. The highest BCUT2D eigenvalue weighted by Crippen LogP contribution is 2.36. The molecule has 2 rings (SSSR count). The van der Waals surface area contributed by atoms with Gasteiger partial charge in [-0.25, -0.2) is 0 Å². The number of benzene rings is 1. The van der Waals surface area contributed by atoms with Gasteiger partial charge in [-0.1, -0.05) is 42.5 Å². The second-order valence-corrected chi connectivity index (χ2v) is 8.95. The fourth-order valence-electron chi connectivity index (χ4n) is 4.03. The zero-order valence-corrected chi connectivity index (χ0v) is 17.7. The zero-order chi connectivity index (χ0) is 20.6. The van der Waals surface area contributed by atoms with E-state index in [1.165, 1.54) is 10.5 Å². The Hall–Kier alpha value is -1.65. The van der Waals surface area contributed by atoms with E-state index in [4.69, 9.17) is 0 Å². The van der Waals surface area contributed by atoms with Gasteiger partial charge in [0.2, 0.25) is 5.91 Å². The molecule has 1 aromatic carbocycles. The second kappa shape index (κ2) is 10.2. The molecule has 1 saturated carbocycles. The van der Waals surface area contributed by atoms with Crippen LogP contribution < -0.4 is 0 Å². The van der Waals surface area contributed by atoms with E-state index >= 15 is 0 Å². The fraction of sp³-hybridized carbons (Fsp3) is 0.625. The van der Waals surface area contributed by atoms with Gasteiger partial charge in [-0.2, -0.15) is 0 Å². The van der Waals surface area contributed by atoms with Gasteiger partial charge in [-0.15, -0.1) is 0 Å². The molecule has 1 fully saturated rings. The van der Waals surface area contributed by atoms with E-state index in [9.17, 15) is 15.0 Å². The fourth-order valence-corrected chi connectivity index (χ4v) is 4.03. The number of carbonyl (C=O) groups is 1. The van der Waals surface area contributed by atoms with E-state index in [0.29, 0.717) is 12.8 Å². The first-order valence-electron chi connectivity index (χ1n) is 10.6. The average molecular weight is 388 g/mol.